The van der Waals surface area contributed by atoms with Crippen LogP contribution in [0.3, 0.4) is 0 Å². The van der Waals surface area contributed by atoms with Crippen LogP contribution in [0.4, 0.5) is 5.82 Å². The predicted molar refractivity (Wildman–Crippen MR) is 93.1 cm³/mol. The number of carbonyl (C=O) groups is 1. The second-order valence-corrected chi connectivity index (χ2v) is 6.01. The second kappa shape index (κ2) is 6.31. The second-order valence-electron chi connectivity index (χ2n) is 6.01. The van der Waals surface area contributed by atoms with Crippen molar-refractivity contribution >= 4 is 11.7 Å². The zero-order valence-corrected chi connectivity index (χ0v) is 14.4. The highest BCUT2D eigenvalue weighted by Crippen LogP contribution is 2.14. The molecule has 0 fully saturated rings. The number of amides is 1. The Bertz CT molecular complexity index is 873. The fraction of sp³-hybridized carbons (Fsp3) is 0.278. The van der Waals surface area contributed by atoms with E-state index < -0.39 is 0 Å². The van der Waals surface area contributed by atoms with E-state index in [9.17, 15) is 4.79 Å². The molecule has 1 N–H and O–H groups in total. The maximum absolute atomic E-state index is 12.5. The molecule has 1 amide bonds. The van der Waals surface area contributed by atoms with Crippen molar-refractivity contribution in [3.05, 3.63) is 64.6 Å². The quantitative estimate of drug-likeness (QED) is 0.803. The number of hydrogen-bond donors (Lipinski definition) is 1. The van der Waals surface area contributed by atoms with Crippen LogP contribution in [0.15, 0.2) is 36.5 Å². The predicted octanol–water partition coefficient (Wildman–Crippen LogP) is 2.84. The minimum atomic E-state index is -0.182. The van der Waals surface area contributed by atoms with Crippen LogP contribution in [0, 0.1) is 20.8 Å². The van der Waals surface area contributed by atoms with Crippen molar-refractivity contribution < 1.29 is 4.79 Å². The van der Waals surface area contributed by atoms with Gasteiger partial charge in [-0.2, -0.15) is 10.2 Å². The van der Waals surface area contributed by atoms with Crippen LogP contribution >= 0.6 is 0 Å². The normalized spacial score (nSPS) is 10.8. The molecule has 6 nitrogen and oxygen atoms in total. The number of benzene rings is 1. The largest absolute Gasteiger partial charge is 0.305 e. The van der Waals surface area contributed by atoms with Crippen LogP contribution in [-0.4, -0.2) is 25.5 Å². The van der Waals surface area contributed by atoms with Crippen LogP contribution in [-0.2, 0) is 13.6 Å². The SMILES string of the molecule is Cc1ccc(Cn2ccc(NC(=O)c3c(C)nn(C)c3C)n2)cc1. The number of carbonyl (C=O) groups excluding carboxylic acids is 1. The summed E-state index contributed by atoms with van der Waals surface area (Å²) in [6.07, 6.45) is 1.86. The molecule has 24 heavy (non-hydrogen) atoms. The molecular formula is C18H21N5O. The molecule has 0 saturated heterocycles. The highest BCUT2D eigenvalue weighted by atomic mass is 16.1. The molecule has 0 atom stereocenters. The molecule has 0 radical (unpaired) electrons. The number of nitrogens with one attached hydrogen (secondary N) is 1. The lowest BCUT2D eigenvalue weighted by Crippen LogP contribution is -2.15. The van der Waals surface area contributed by atoms with Gasteiger partial charge in [0.25, 0.3) is 5.91 Å². The average molecular weight is 323 g/mol. The van der Waals surface area contributed by atoms with Crippen LogP contribution in [0.25, 0.3) is 0 Å². The van der Waals surface area contributed by atoms with Gasteiger partial charge in [0.1, 0.15) is 0 Å². The summed E-state index contributed by atoms with van der Waals surface area (Å²) in [6.45, 7) is 6.44. The molecular weight excluding hydrogens is 302 g/mol. The van der Waals surface area contributed by atoms with E-state index in [0.29, 0.717) is 23.6 Å². The molecule has 2 aromatic heterocycles. The maximum Gasteiger partial charge on any atom is 0.260 e. The lowest BCUT2D eigenvalue weighted by molar-refractivity contribution is 0.102. The molecule has 2 heterocycles. The molecule has 0 unspecified atom stereocenters. The molecule has 0 saturated carbocycles. The zero-order chi connectivity index (χ0) is 17.3. The molecule has 0 aliphatic rings. The van der Waals surface area contributed by atoms with Crippen molar-refractivity contribution in [3.8, 4) is 0 Å². The van der Waals surface area contributed by atoms with Gasteiger partial charge in [-0.05, 0) is 26.3 Å². The third kappa shape index (κ3) is 3.22. The van der Waals surface area contributed by atoms with Gasteiger partial charge in [0.2, 0.25) is 0 Å². The standard InChI is InChI=1S/C18H21N5O/c1-12-5-7-15(8-6-12)11-23-10-9-16(21-23)19-18(24)17-13(2)20-22(4)14(17)3/h5-10H,11H2,1-4H3,(H,19,21,24). The van der Waals surface area contributed by atoms with Crippen LogP contribution in [0.5, 0.6) is 0 Å². The number of aryl methyl sites for hydroxylation is 3. The zero-order valence-electron chi connectivity index (χ0n) is 14.4. The summed E-state index contributed by atoms with van der Waals surface area (Å²) in [5.41, 5.74) is 4.55. The topological polar surface area (TPSA) is 64.7 Å². The van der Waals surface area contributed by atoms with Gasteiger partial charge >= 0.3 is 0 Å². The van der Waals surface area contributed by atoms with Gasteiger partial charge in [0.05, 0.1) is 17.8 Å². The molecule has 3 rings (SSSR count). The number of aromatic nitrogens is 4. The van der Waals surface area contributed by atoms with E-state index in [-0.39, 0.29) is 5.91 Å². The van der Waals surface area contributed by atoms with Gasteiger partial charge in [-0.25, -0.2) is 0 Å². The Balaban J connectivity index is 1.71. The molecule has 124 valence electrons. The first-order valence-corrected chi connectivity index (χ1v) is 7.84. The first-order chi connectivity index (χ1) is 11.4. The summed E-state index contributed by atoms with van der Waals surface area (Å²) < 4.78 is 3.52. The first kappa shape index (κ1) is 16.0. The van der Waals surface area contributed by atoms with E-state index >= 15 is 0 Å². The molecule has 0 bridgehead atoms. The molecule has 0 aliphatic carbocycles. The minimum absolute atomic E-state index is 0.182. The van der Waals surface area contributed by atoms with E-state index in [1.807, 2.05) is 31.8 Å². The van der Waals surface area contributed by atoms with Crippen LogP contribution in [0.2, 0.25) is 0 Å². The highest BCUT2D eigenvalue weighted by molar-refractivity contribution is 6.05. The summed E-state index contributed by atoms with van der Waals surface area (Å²) in [4.78, 5) is 12.5. The Morgan fingerprint density at radius 1 is 1.08 bits per heavy atom. The highest BCUT2D eigenvalue weighted by Gasteiger charge is 2.18. The molecule has 1 aromatic carbocycles. The van der Waals surface area contributed by atoms with Crippen LogP contribution in [0.1, 0.15) is 32.9 Å². The average Bonchev–Trinajstić information content (AvgIpc) is 3.06. The van der Waals surface area contributed by atoms with Gasteiger partial charge in [-0.1, -0.05) is 29.8 Å². The van der Waals surface area contributed by atoms with Crippen molar-refractivity contribution in [1.82, 2.24) is 19.6 Å². The Morgan fingerprint density at radius 2 is 1.79 bits per heavy atom. The lowest BCUT2D eigenvalue weighted by atomic mass is 10.1. The Morgan fingerprint density at radius 3 is 2.42 bits per heavy atom. The molecule has 3 aromatic rings. The van der Waals surface area contributed by atoms with E-state index in [2.05, 4.69) is 46.7 Å². The Hall–Kier alpha value is -2.89. The van der Waals surface area contributed by atoms with Crippen LogP contribution < -0.4 is 5.32 Å². The summed E-state index contributed by atoms with van der Waals surface area (Å²) in [7, 11) is 1.83. The van der Waals surface area contributed by atoms with Crippen molar-refractivity contribution in [1.29, 1.82) is 0 Å². The van der Waals surface area contributed by atoms with Gasteiger partial charge in [-0.15, -0.1) is 0 Å². The monoisotopic (exact) mass is 323 g/mol. The fourth-order valence-corrected chi connectivity index (χ4v) is 2.68. The van der Waals surface area contributed by atoms with Crippen molar-refractivity contribution in [2.45, 2.75) is 27.3 Å². The van der Waals surface area contributed by atoms with E-state index in [0.717, 1.165) is 5.69 Å². The van der Waals surface area contributed by atoms with Gasteiger partial charge in [-0.3, -0.25) is 14.2 Å². The third-order valence-electron chi connectivity index (χ3n) is 4.08. The summed E-state index contributed by atoms with van der Waals surface area (Å²) in [5.74, 6) is 0.355. The van der Waals surface area contributed by atoms with E-state index in [1.165, 1.54) is 11.1 Å². The van der Waals surface area contributed by atoms with Crippen molar-refractivity contribution in [3.63, 3.8) is 0 Å². The fourth-order valence-electron chi connectivity index (χ4n) is 2.68. The molecule has 0 spiro atoms. The van der Waals surface area contributed by atoms with E-state index in [4.69, 9.17) is 0 Å². The van der Waals surface area contributed by atoms with Crippen molar-refractivity contribution in [2.75, 3.05) is 5.32 Å². The maximum atomic E-state index is 12.5. The lowest BCUT2D eigenvalue weighted by Gasteiger charge is -2.04. The summed E-state index contributed by atoms with van der Waals surface area (Å²) in [5, 5.41) is 11.5. The van der Waals surface area contributed by atoms with E-state index in [1.54, 1.807) is 10.7 Å². The molecule has 0 aliphatic heterocycles. The smallest absolute Gasteiger partial charge is 0.260 e. The van der Waals surface area contributed by atoms with Gasteiger partial charge < -0.3 is 5.32 Å². The minimum Gasteiger partial charge on any atom is -0.305 e. The summed E-state index contributed by atoms with van der Waals surface area (Å²) in [6, 6.07) is 10.1. The number of nitrogens with zero attached hydrogens (tertiary/aromatic N) is 4. The third-order valence-corrected chi connectivity index (χ3v) is 4.08. The summed E-state index contributed by atoms with van der Waals surface area (Å²) >= 11 is 0. The van der Waals surface area contributed by atoms with Crippen molar-refractivity contribution in [2.24, 2.45) is 7.05 Å². The van der Waals surface area contributed by atoms with Gasteiger partial charge in [0.15, 0.2) is 5.82 Å². The Kier molecular flexibility index (Phi) is 4.20. The number of anilines is 1. The molecule has 6 heteroatoms. The van der Waals surface area contributed by atoms with Gasteiger partial charge in [0, 0.05) is 25.0 Å². The Labute approximate surface area is 141 Å². The number of rotatable bonds is 4. The number of hydrogen-bond acceptors (Lipinski definition) is 3. The first-order valence-electron chi connectivity index (χ1n) is 7.84.